The molecule has 0 aromatic heterocycles. The number of nitrogens with zero attached hydrogens (tertiary/aromatic N) is 1. The fraction of sp³-hybridized carbons (Fsp3) is 0.533. The fourth-order valence-electron chi connectivity index (χ4n) is 2.39. The number of hydrogen-bond donors (Lipinski definition) is 1. The minimum atomic E-state index is -0.843. The van der Waals surface area contributed by atoms with Gasteiger partial charge >= 0.3 is 5.97 Å². The molecule has 1 rings (SSSR count). The Balaban J connectivity index is 2.97. The molecule has 0 saturated carbocycles. The normalized spacial score (nSPS) is 14.4. The molecule has 3 nitrogen and oxygen atoms in total. The van der Waals surface area contributed by atoms with Crippen LogP contribution >= 0.6 is 11.8 Å². The number of hydrogen-bond acceptors (Lipinski definition) is 3. The van der Waals surface area contributed by atoms with Crippen LogP contribution in [0.5, 0.6) is 0 Å². The van der Waals surface area contributed by atoms with E-state index in [1.165, 1.54) is 4.90 Å². The Morgan fingerprint density at radius 1 is 1.26 bits per heavy atom. The molecule has 0 heterocycles. The van der Waals surface area contributed by atoms with Crippen LogP contribution in [0.3, 0.4) is 0 Å². The van der Waals surface area contributed by atoms with E-state index >= 15 is 0 Å². The van der Waals surface area contributed by atoms with Crippen molar-refractivity contribution in [3.8, 4) is 0 Å². The van der Waals surface area contributed by atoms with Crippen LogP contribution in [0.25, 0.3) is 0 Å². The summed E-state index contributed by atoms with van der Waals surface area (Å²) in [5.74, 6) is -0.759. The zero-order valence-corrected chi connectivity index (χ0v) is 13.0. The molecule has 0 bridgehead atoms. The minimum Gasteiger partial charge on any atom is -0.480 e. The number of carboxylic acids is 1. The quantitative estimate of drug-likeness (QED) is 0.780. The Morgan fingerprint density at radius 2 is 1.79 bits per heavy atom. The van der Waals surface area contributed by atoms with Crippen molar-refractivity contribution in [2.45, 2.75) is 37.6 Å². The lowest BCUT2D eigenvalue weighted by atomic mass is 9.91. The third kappa shape index (κ3) is 3.74. The van der Waals surface area contributed by atoms with E-state index in [-0.39, 0.29) is 0 Å². The highest BCUT2D eigenvalue weighted by molar-refractivity contribution is 7.98. The Hall–Kier alpha value is -1.00. The topological polar surface area (TPSA) is 40.5 Å². The molecule has 0 saturated heterocycles. The third-order valence-electron chi connectivity index (χ3n) is 3.63. The van der Waals surface area contributed by atoms with Gasteiger partial charge in [0.1, 0.15) is 5.54 Å². The molecule has 1 aromatic carbocycles. The molecule has 0 fully saturated rings. The Morgan fingerprint density at radius 3 is 2.16 bits per heavy atom. The Bertz CT molecular complexity index is 415. The summed E-state index contributed by atoms with van der Waals surface area (Å²) < 4.78 is 0. The molecule has 0 amide bonds. The van der Waals surface area contributed by atoms with Crippen LogP contribution < -0.4 is 0 Å². The van der Waals surface area contributed by atoms with E-state index in [2.05, 4.69) is 0 Å². The van der Waals surface area contributed by atoms with Crippen LogP contribution in [0.15, 0.2) is 29.2 Å². The van der Waals surface area contributed by atoms with Crippen LogP contribution in [0.4, 0.5) is 0 Å². The maximum atomic E-state index is 11.7. The molecule has 0 spiro atoms. The van der Waals surface area contributed by atoms with Gasteiger partial charge in [-0.1, -0.05) is 26.0 Å². The second-order valence-corrected chi connectivity index (χ2v) is 5.66. The number of likely N-dealkylation sites (N-methyl/N-ethyl adjacent to an activating group) is 1. The molecular weight excluding hydrogens is 258 g/mol. The molecule has 106 valence electrons. The highest BCUT2D eigenvalue weighted by Crippen LogP contribution is 2.23. The third-order valence-corrected chi connectivity index (χ3v) is 4.37. The monoisotopic (exact) mass is 281 g/mol. The second-order valence-electron chi connectivity index (χ2n) is 4.78. The van der Waals surface area contributed by atoms with Gasteiger partial charge in [0, 0.05) is 11.3 Å². The average Bonchev–Trinajstić information content (AvgIpc) is 2.40. The highest BCUT2D eigenvalue weighted by Gasteiger charge is 2.38. The van der Waals surface area contributed by atoms with Gasteiger partial charge in [0.05, 0.1) is 0 Å². The van der Waals surface area contributed by atoms with E-state index < -0.39 is 11.5 Å². The molecule has 0 radical (unpaired) electrons. The predicted octanol–water partition coefficient (Wildman–Crippen LogP) is 3.14. The molecular formula is C15H23NO2S. The van der Waals surface area contributed by atoms with Crippen LogP contribution in [0.2, 0.25) is 0 Å². The van der Waals surface area contributed by atoms with E-state index in [9.17, 15) is 9.90 Å². The van der Waals surface area contributed by atoms with Crippen LogP contribution in [-0.2, 0) is 11.2 Å². The van der Waals surface area contributed by atoms with Crippen molar-refractivity contribution in [3.63, 3.8) is 0 Å². The smallest absolute Gasteiger partial charge is 0.324 e. The molecule has 1 aromatic rings. The predicted molar refractivity (Wildman–Crippen MR) is 80.9 cm³/mol. The summed E-state index contributed by atoms with van der Waals surface area (Å²) in [4.78, 5) is 14.9. The largest absolute Gasteiger partial charge is 0.480 e. The second kappa shape index (κ2) is 6.96. The first-order valence-corrected chi connectivity index (χ1v) is 7.81. The van der Waals surface area contributed by atoms with Crippen molar-refractivity contribution >= 4 is 17.7 Å². The first-order chi connectivity index (χ1) is 8.97. The van der Waals surface area contributed by atoms with Gasteiger partial charge in [0.2, 0.25) is 0 Å². The lowest BCUT2D eigenvalue weighted by Crippen LogP contribution is -2.53. The van der Waals surface area contributed by atoms with E-state index in [1.807, 2.05) is 56.2 Å². The highest BCUT2D eigenvalue weighted by atomic mass is 32.2. The van der Waals surface area contributed by atoms with Crippen molar-refractivity contribution in [2.24, 2.45) is 0 Å². The zero-order chi connectivity index (χ0) is 14.5. The summed E-state index contributed by atoms with van der Waals surface area (Å²) in [6.07, 6.45) is 2.56. The van der Waals surface area contributed by atoms with Gasteiger partial charge in [0.25, 0.3) is 0 Å². The first kappa shape index (κ1) is 16.1. The molecule has 1 unspecified atom stereocenters. The van der Waals surface area contributed by atoms with Crippen molar-refractivity contribution in [3.05, 3.63) is 29.8 Å². The number of carbonyl (C=O) groups is 1. The van der Waals surface area contributed by atoms with Crippen LogP contribution in [0, 0.1) is 0 Å². The number of thioether (sulfide) groups is 1. The van der Waals surface area contributed by atoms with Gasteiger partial charge < -0.3 is 5.11 Å². The van der Waals surface area contributed by atoms with E-state index in [0.717, 1.165) is 18.7 Å². The fourth-order valence-corrected chi connectivity index (χ4v) is 2.79. The summed E-state index contributed by atoms with van der Waals surface area (Å²) in [7, 11) is 0. The number of carboxylic acid groups (broad SMARTS) is 1. The van der Waals surface area contributed by atoms with Crippen molar-refractivity contribution in [1.82, 2.24) is 4.90 Å². The Kier molecular flexibility index (Phi) is 5.88. The molecule has 0 aliphatic rings. The maximum absolute atomic E-state index is 11.7. The number of aliphatic carboxylic acids is 1. The van der Waals surface area contributed by atoms with Gasteiger partial charge in [-0.2, -0.15) is 0 Å². The zero-order valence-electron chi connectivity index (χ0n) is 12.1. The molecule has 1 N–H and O–H groups in total. The van der Waals surface area contributed by atoms with E-state index in [4.69, 9.17) is 0 Å². The molecule has 0 aliphatic heterocycles. The number of rotatable bonds is 7. The summed E-state index contributed by atoms with van der Waals surface area (Å²) in [5, 5.41) is 9.58. The first-order valence-electron chi connectivity index (χ1n) is 6.59. The SMILES string of the molecule is CCN(CC)C(C)(Cc1ccc(SC)cc1)C(=O)O. The van der Waals surface area contributed by atoms with Crippen LogP contribution in [0.1, 0.15) is 26.3 Å². The number of benzene rings is 1. The molecule has 4 heteroatoms. The van der Waals surface area contributed by atoms with E-state index in [0.29, 0.717) is 6.42 Å². The minimum absolute atomic E-state index is 0.526. The van der Waals surface area contributed by atoms with E-state index in [1.54, 1.807) is 11.8 Å². The standard InChI is InChI=1S/C15H23NO2S/c1-5-16(6-2)15(3,14(17)18)11-12-7-9-13(19-4)10-8-12/h7-10H,5-6,11H2,1-4H3,(H,17,18). The van der Waals surface area contributed by atoms with Gasteiger partial charge in [0.15, 0.2) is 0 Å². The molecule has 19 heavy (non-hydrogen) atoms. The van der Waals surface area contributed by atoms with Gasteiger partial charge in [-0.25, -0.2) is 0 Å². The molecule has 0 aliphatic carbocycles. The van der Waals surface area contributed by atoms with Crippen molar-refractivity contribution < 1.29 is 9.90 Å². The lowest BCUT2D eigenvalue weighted by molar-refractivity contribution is -0.150. The van der Waals surface area contributed by atoms with Gasteiger partial charge in [-0.15, -0.1) is 11.8 Å². The summed E-state index contributed by atoms with van der Waals surface area (Å²) in [6, 6.07) is 8.14. The average molecular weight is 281 g/mol. The van der Waals surface area contributed by atoms with Gasteiger partial charge in [-0.05, 0) is 44.0 Å². The lowest BCUT2D eigenvalue weighted by Gasteiger charge is -2.36. The van der Waals surface area contributed by atoms with Crippen molar-refractivity contribution in [2.75, 3.05) is 19.3 Å². The maximum Gasteiger partial charge on any atom is 0.324 e. The van der Waals surface area contributed by atoms with Crippen LogP contribution in [-0.4, -0.2) is 40.9 Å². The summed E-state index contributed by atoms with van der Waals surface area (Å²) in [5.41, 5.74) is 0.222. The van der Waals surface area contributed by atoms with Gasteiger partial charge in [-0.3, -0.25) is 9.69 Å². The summed E-state index contributed by atoms with van der Waals surface area (Å²) in [6.45, 7) is 7.29. The molecule has 1 atom stereocenters. The van der Waals surface area contributed by atoms with Crippen molar-refractivity contribution in [1.29, 1.82) is 0 Å². The Labute approximate surface area is 120 Å². The summed E-state index contributed by atoms with van der Waals surface area (Å²) >= 11 is 1.69.